The maximum absolute atomic E-state index is 13.1. The van der Waals surface area contributed by atoms with Gasteiger partial charge in [0.1, 0.15) is 11.6 Å². The van der Waals surface area contributed by atoms with E-state index in [4.69, 9.17) is 4.74 Å². The van der Waals surface area contributed by atoms with E-state index in [1.54, 1.807) is 12.1 Å². The van der Waals surface area contributed by atoms with Crippen LogP contribution in [0.5, 0.6) is 5.75 Å². The molecule has 0 bridgehead atoms. The van der Waals surface area contributed by atoms with E-state index in [1.165, 1.54) is 12.1 Å². The van der Waals surface area contributed by atoms with Gasteiger partial charge in [-0.05, 0) is 76.6 Å². The largest absolute Gasteiger partial charge is 0.491 e. The zero-order valence-corrected chi connectivity index (χ0v) is 18.3. The van der Waals surface area contributed by atoms with Gasteiger partial charge in [-0.1, -0.05) is 12.1 Å². The van der Waals surface area contributed by atoms with Crippen molar-refractivity contribution >= 4 is 17.6 Å². The quantitative estimate of drug-likeness (QED) is 0.471. The summed E-state index contributed by atoms with van der Waals surface area (Å²) < 4.78 is 18.8. The normalized spacial score (nSPS) is 11.9. The van der Waals surface area contributed by atoms with Crippen molar-refractivity contribution in [2.75, 3.05) is 11.9 Å². The summed E-state index contributed by atoms with van der Waals surface area (Å²) in [4.78, 5) is 16.7. The van der Waals surface area contributed by atoms with Crippen molar-refractivity contribution in [2.24, 2.45) is 4.99 Å². The molecule has 0 spiro atoms. The molecule has 7 heteroatoms. The summed E-state index contributed by atoms with van der Waals surface area (Å²) in [6.45, 7) is 10.1. The lowest BCUT2D eigenvalue weighted by Crippen LogP contribution is -2.46. The smallest absolute Gasteiger partial charge is 0.239 e. The van der Waals surface area contributed by atoms with E-state index in [9.17, 15) is 9.18 Å². The number of aliphatic imine (C=N–C) groups is 1. The highest BCUT2D eigenvalue weighted by Crippen LogP contribution is 2.17. The molecule has 3 N–H and O–H groups in total. The Morgan fingerprint density at radius 1 is 1.07 bits per heavy atom. The third kappa shape index (κ3) is 8.94. The molecule has 6 nitrogen and oxygen atoms in total. The first-order chi connectivity index (χ1) is 14.1. The second kappa shape index (κ2) is 10.6. The molecule has 2 rings (SSSR count). The average Bonchev–Trinajstić information content (AvgIpc) is 2.65. The number of carbonyl (C=O) groups is 1. The summed E-state index contributed by atoms with van der Waals surface area (Å²) in [6, 6.07) is 13.6. The molecule has 30 heavy (non-hydrogen) atoms. The summed E-state index contributed by atoms with van der Waals surface area (Å²) >= 11 is 0. The number of ether oxygens (including phenoxy) is 1. The van der Waals surface area contributed by atoms with E-state index in [1.807, 2.05) is 58.9 Å². The first kappa shape index (κ1) is 23.2. The minimum absolute atomic E-state index is 0.0705. The first-order valence-electron chi connectivity index (χ1n) is 9.98. The van der Waals surface area contributed by atoms with Gasteiger partial charge in [0.2, 0.25) is 5.91 Å². The maximum atomic E-state index is 13.1. The summed E-state index contributed by atoms with van der Waals surface area (Å²) in [5.74, 6) is 0.792. The van der Waals surface area contributed by atoms with Crippen LogP contribution in [-0.2, 0) is 11.3 Å². The molecular weight excluding hydrogens is 383 g/mol. The number of halogens is 1. The lowest BCUT2D eigenvalue weighted by Gasteiger charge is -2.21. The average molecular weight is 415 g/mol. The van der Waals surface area contributed by atoms with Gasteiger partial charge < -0.3 is 20.7 Å². The van der Waals surface area contributed by atoms with Crippen LogP contribution in [0.15, 0.2) is 53.5 Å². The Labute approximate surface area is 177 Å². The lowest BCUT2D eigenvalue weighted by atomic mass is 10.1. The third-order valence-corrected chi connectivity index (χ3v) is 3.75. The Balaban J connectivity index is 2.08. The van der Waals surface area contributed by atoms with E-state index < -0.39 is 0 Å². The van der Waals surface area contributed by atoms with Crippen molar-refractivity contribution in [2.45, 2.75) is 52.8 Å². The zero-order valence-electron chi connectivity index (χ0n) is 18.3. The SMILES string of the molecule is CC(C)Oc1ccc(NC(=NCc2ccc(F)cc2)NCC(=O)NC(C)(C)C)cc1. The number of amides is 1. The van der Waals surface area contributed by atoms with Crippen LogP contribution < -0.4 is 20.7 Å². The molecular formula is C23H31FN4O2. The highest BCUT2D eigenvalue weighted by atomic mass is 19.1. The highest BCUT2D eigenvalue weighted by Gasteiger charge is 2.14. The van der Waals surface area contributed by atoms with Gasteiger partial charge in [-0.2, -0.15) is 0 Å². The minimum atomic E-state index is -0.316. The predicted molar refractivity (Wildman–Crippen MR) is 119 cm³/mol. The summed E-state index contributed by atoms with van der Waals surface area (Å²) in [5.41, 5.74) is 1.34. The number of benzene rings is 2. The molecule has 0 heterocycles. The molecule has 0 unspecified atom stereocenters. The van der Waals surface area contributed by atoms with Crippen molar-refractivity contribution in [3.05, 3.63) is 59.9 Å². The molecule has 0 aliphatic carbocycles. The molecule has 2 aromatic carbocycles. The fourth-order valence-electron chi connectivity index (χ4n) is 2.55. The van der Waals surface area contributed by atoms with Gasteiger partial charge >= 0.3 is 0 Å². The van der Waals surface area contributed by atoms with Gasteiger partial charge in [0.15, 0.2) is 5.96 Å². The van der Waals surface area contributed by atoms with E-state index >= 15 is 0 Å². The maximum Gasteiger partial charge on any atom is 0.239 e. The molecule has 0 saturated heterocycles. The van der Waals surface area contributed by atoms with Gasteiger partial charge in [0.25, 0.3) is 0 Å². The molecule has 0 aromatic heterocycles. The Morgan fingerprint density at radius 3 is 2.27 bits per heavy atom. The lowest BCUT2D eigenvalue weighted by molar-refractivity contribution is -0.121. The van der Waals surface area contributed by atoms with Gasteiger partial charge in [-0.15, -0.1) is 0 Å². The number of nitrogens with zero attached hydrogens (tertiary/aromatic N) is 1. The van der Waals surface area contributed by atoms with Crippen LogP contribution in [0.3, 0.4) is 0 Å². The van der Waals surface area contributed by atoms with E-state index in [0.29, 0.717) is 12.5 Å². The Kier molecular flexibility index (Phi) is 8.21. The van der Waals surface area contributed by atoms with E-state index in [-0.39, 0.29) is 29.9 Å². The van der Waals surface area contributed by atoms with E-state index in [2.05, 4.69) is 20.9 Å². The fourth-order valence-corrected chi connectivity index (χ4v) is 2.55. The fraction of sp³-hybridized carbons (Fsp3) is 0.391. The number of rotatable bonds is 7. The van der Waals surface area contributed by atoms with Crippen molar-refractivity contribution in [1.82, 2.24) is 10.6 Å². The predicted octanol–water partition coefficient (Wildman–Crippen LogP) is 4.09. The molecule has 162 valence electrons. The van der Waals surface area contributed by atoms with Crippen LogP contribution in [0.4, 0.5) is 10.1 Å². The Bertz CT molecular complexity index is 841. The summed E-state index contributed by atoms with van der Waals surface area (Å²) in [6.07, 6.45) is 0.0969. The number of hydrogen-bond donors (Lipinski definition) is 3. The van der Waals surface area contributed by atoms with Crippen LogP contribution in [0, 0.1) is 5.82 Å². The zero-order chi connectivity index (χ0) is 22.1. The van der Waals surface area contributed by atoms with Gasteiger partial charge in [-0.25, -0.2) is 9.38 Å². The molecule has 0 aliphatic heterocycles. The molecule has 0 aliphatic rings. The molecule has 0 saturated carbocycles. The Hall–Kier alpha value is -3.09. The van der Waals surface area contributed by atoms with E-state index in [0.717, 1.165) is 17.0 Å². The number of anilines is 1. The Morgan fingerprint density at radius 2 is 1.70 bits per heavy atom. The van der Waals surface area contributed by atoms with Crippen molar-refractivity contribution < 1.29 is 13.9 Å². The first-order valence-corrected chi connectivity index (χ1v) is 9.98. The van der Waals surface area contributed by atoms with Gasteiger partial charge in [0.05, 0.1) is 19.2 Å². The number of carbonyl (C=O) groups excluding carboxylic acids is 1. The van der Waals surface area contributed by atoms with Gasteiger partial charge in [-0.3, -0.25) is 4.79 Å². The van der Waals surface area contributed by atoms with Crippen molar-refractivity contribution in [3.8, 4) is 5.75 Å². The second-order valence-corrected chi connectivity index (χ2v) is 8.26. The number of guanidine groups is 1. The summed E-state index contributed by atoms with van der Waals surface area (Å²) in [5, 5.41) is 9.13. The van der Waals surface area contributed by atoms with Crippen LogP contribution >= 0.6 is 0 Å². The molecule has 2 aromatic rings. The van der Waals surface area contributed by atoms with Crippen LogP contribution in [0.25, 0.3) is 0 Å². The molecule has 0 radical (unpaired) electrons. The standard InChI is InChI=1S/C23H31FN4O2/c1-16(2)30-20-12-10-19(11-13-20)27-22(26-15-21(29)28-23(3,4)5)25-14-17-6-8-18(24)9-7-17/h6-13,16H,14-15H2,1-5H3,(H,28,29)(H2,25,26,27). The molecule has 1 amide bonds. The van der Waals surface area contributed by atoms with Crippen LogP contribution in [-0.4, -0.2) is 30.1 Å². The highest BCUT2D eigenvalue weighted by molar-refractivity contribution is 5.96. The minimum Gasteiger partial charge on any atom is -0.491 e. The van der Waals surface area contributed by atoms with Crippen molar-refractivity contribution in [3.63, 3.8) is 0 Å². The van der Waals surface area contributed by atoms with Crippen LogP contribution in [0.2, 0.25) is 0 Å². The topological polar surface area (TPSA) is 74.8 Å². The number of nitrogens with one attached hydrogen (secondary N) is 3. The van der Waals surface area contributed by atoms with Crippen molar-refractivity contribution in [1.29, 1.82) is 0 Å². The molecule has 0 atom stereocenters. The number of hydrogen-bond acceptors (Lipinski definition) is 3. The third-order valence-electron chi connectivity index (χ3n) is 3.75. The molecule has 0 fully saturated rings. The second-order valence-electron chi connectivity index (χ2n) is 8.26. The summed E-state index contributed by atoms with van der Waals surface area (Å²) in [7, 11) is 0. The van der Waals surface area contributed by atoms with Crippen LogP contribution in [0.1, 0.15) is 40.2 Å². The monoisotopic (exact) mass is 414 g/mol. The van der Waals surface area contributed by atoms with Gasteiger partial charge in [0, 0.05) is 11.2 Å².